The molecule has 0 N–H and O–H groups in total. The predicted molar refractivity (Wildman–Crippen MR) is 282 cm³/mol. The van der Waals surface area contributed by atoms with Gasteiger partial charge in [0, 0.05) is 38.7 Å². The normalized spacial score (nSPS) is 13.4. The first-order valence-corrected chi connectivity index (χ1v) is 23.0. The first-order valence-electron chi connectivity index (χ1n) is 23.0. The summed E-state index contributed by atoms with van der Waals surface area (Å²) in [4.78, 5) is 11.3. The highest BCUT2D eigenvalue weighted by atomic mass is 16.3. The molecule has 67 heavy (non-hydrogen) atoms. The highest BCUT2D eigenvalue weighted by molar-refractivity contribution is 6.16. The number of benzene rings is 10. The second-order valence-corrected chi connectivity index (χ2v) is 17.7. The number of hydrogen-bond donors (Lipinski definition) is 0. The average molecular weight is 863 g/mol. The largest absolute Gasteiger partial charge is 0.456 e. The molecule has 0 saturated carbocycles. The zero-order valence-corrected chi connectivity index (χ0v) is 37.6. The van der Waals surface area contributed by atoms with E-state index in [0.717, 1.165) is 77.2 Å². The molecule has 0 aliphatic rings. The number of hydrogen-bond acceptors (Lipinski definition) is 3. The number of aryl methyl sites for hydroxylation is 1. The van der Waals surface area contributed by atoms with E-state index < -0.39 is 6.04 Å². The van der Waals surface area contributed by atoms with E-state index in [1.54, 1.807) is 0 Å². The molecule has 4 heteroatoms. The van der Waals surface area contributed by atoms with E-state index in [1.165, 1.54) is 49.2 Å². The van der Waals surface area contributed by atoms with Gasteiger partial charge in [0.2, 0.25) is 0 Å². The molecule has 320 valence electrons. The Kier molecular flexibility index (Phi) is 9.76. The van der Waals surface area contributed by atoms with Crippen molar-refractivity contribution in [1.29, 1.82) is 0 Å². The molecule has 0 amide bonds. The van der Waals surface area contributed by atoms with E-state index in [0.29, 0.717) is 5.84 Å². The fourth-order valence-corrected chi connectivity index (χ4v) is 10.3. The topological polar surface area (TPSA) is 51.0 Å². The van der Waals surface area contributed by atoms with Crippen molar-refractivity contribution in [2.75, 3.05) is 0 Å². The van der Waals surface area contributed by atoms with Gasteiger partial charge in [-0.2, -0.15) is 0 Å². The molecule has 1 unspecified atom stereocenters. The van der Waals surface area contributed by atoms with Crippen LogP contribution in [-0.4, -0.2) is 11.5 Å². The van der Waals surface area contributed by atoms with Gasteiger partial charge in [-0.15, -0.1) is 6.58 Å². The van der Waals surface area contributed by atoms with Crippen LogP contribution in [0.4, 0.5) is 0 Å². The highest BCUT2D eigenvalue weighted by Gasteiger charge is 2.26. The maximum Gasteiger partial charge on any atom is 0.156 e. The standard InChI is InChI=1S/C63H46N2O2/c1-5-56(50-25-16-28-59-62(50)51-24-13-15-27-58(51)66-59)65-63(64-40(4)43-30-29-41-17-6-7-20-45(41)34-43)55-37-60-54(49-23-12-14-26-57(49)67-60)36-53(55)39(3)47-32-31-42-18-10-11-22-48(42)61(47)52-35-46-21-9-8-19-44(46)33-38(52)2/h5-37,39,56H,1H2,2-4H3/t39?,56-/m1/s1. The van der Waals surface area contributed by atoms with E-state index in [9.17, 15) is 0 Å². The zero-order chi connectivity index (χ0) is 45.2. The highest BCUT2D eigenvalue weighted by Crippen LogP contribution is 2.44. The quantitative estimate of drug-likeness (QED) is 0.0868. The molecule has 0 aliphatic heterocycles. The summed E-state index contributed by atoms with van der Waals surface area (Å²) >= 11 is 0. The van der Waals surface area contributed by atoms with Crippen LogP contribution in [0.2, 0.25) is 0 Å². The second-order valence-electron chi connectivity index (χ2n) is 17.7. The van der Waals surface area contributed by atoms with Crippen LogP contribution in [0.1, 0.15) is 59.2 Å². The Bertz CT molecular complexity index is 4010. The molecule has 0 radical (unpaired) electrons. The van der Waals surface area contributed by atoms with Crippen molar-refractivity contribution in [3.05, 3.63) is 240 Å². The molecular formula is C63H46N2O2. The monoisotopic (exact) mass is 862 g/mol. The molecule has 0 fully saturated rings. The third-order valence-corrected chi connectivity index (χ3v) is 13.7. The lowest BCUT2D eigenvalue weighted by Crippen LogP contribution is -2.12. The van der Waals surface area contributed by atoms with Crippen molar-refractivity contribution in [3.8, 4) is 11.1 Å². The molecule has 0 bridgehead atoms. The first-order chi connectivity index (χ1) is 32.9. The van der Waals surface area contributed by atoms with Crippen LogP contribution < -0.4 is 0 Å². The SMILES string of the molecule is C=C[C@@H](N=C(N=C(C)c1ccc2ccccc2c1)c1cc2oc3ccccc3c2cc1C(C)c1ccc2ccccc2c1-c1cc2ccccc2cc1C)c1cccc2oc3ccccc3c12. The van der Waals surface area contributed by atoms with Crippen molar-refractivity contribution >= 4 is 87.7 Å². The minimum atomic E-state index is -0.473. The van der Waals surface area contributed by atoms with Crippen LogP contribution in [0.15, 0.2) is 226 Å². The van der Waals surface area contributed by atoms with E-state index in [2.05, 4.69) is 185 Å². The summed E-state index contributed by atoms with van der Waals surface area (Å²) in [6.07, 6.45) is 1.92. The number of amidine groups is 1. The Labute approximate surface area is 388 Å². The van der Waals surface area contributed by atoms with Gasteiger partial charge in [0.1, 0.15) is 22.3 Å². The first kappa shape index (κ1) is 40.2. The lowest BCUT2D eigenvalue weighted by Gasteiger charge is -2.24. The smallest absolute Gasteiger partial charge is 0.156 e. The van der Waals surface area contributed by atoms with E-state index >= 15 is 0 Å². The van der Waals surface area contributed by atoms with Crippen molar-refractivity contribution in [2.45, 2.75) is 32.7 Å². The van der Waals surface area contributed by atoms with E-state index in [-0.39, 0.29) is 5.92 Å². The van der Waals surface area contributed by atoms with E-state index in [1.807, 2.05) is 42.5 Å². The Morgan fingerprint density at radius 2 is 1.12 bits per heavy atom. The third kappa shape index (κ3) is 6.92. The summed E-state index contributed by atoms with van der Waals surface area (Å²) < 4.78 is 13.1. The van der Waals surface area contributed by atoms with Gasteiger partial charge in [-0.25, -0.2) is 4.99 Å². The summed E-state index contributed by atoms with van der Waals surface area (Å²) in [5.41, 5.74) is 13.0. The van der Waals surface area contributed by atoms with Crippen molar-refractivity contribution < 1.29 is 8.83 Å². The van der Waals surface area contributed by atoms with E-state index in [4.69, 9.17) is 18.8 Å². The van der Waals surface area contributed by atoms with Crippen LogP contribution in [-0.2, 0) is 0 Å². The second kappa shape index (κ2) is 16.3. The fraction of sp³-hybridized carbons (Fsp3) is 0.0794. The summed E-state index contributed by atoms with van der Waals surface area (Å²) in [7, 11) is 0. The number of para-hydroxylation sites is 2. The van der Waals surface area contributed by atoms with Gasteiger partial charge in [0.05, 0.1) is 6.04 Å². The number of fused-ring (bicyclic) bond motifs is 9. The lowest BCUT2D eigenvalue weighted by atomic mass is 9.81. The lowest BCUT2D eigenvalue weighted by molar-refractivity contribution is 0.668. The molecule has 12 aromatic rings. The van der Waals surface area contributed by atoms with Gasteiger partial charge in [-0.3, -0.25) is 4.99 Å². The minimum Gasteiger partial charge on any atom is -0.456 e. The molecule has 4 nitrogen and oxygen atoms in total. The number of furan rings is 2. The van der Waals surface area contributed by atoms with Gasteiger partial charge < -0.3 is 8.83 Å². The maximum atomic E-state index is 6.70. The Balaban J connectivity index is 1.14. The summed E-state index contributed by atoms with van der Waals surface area (Å²) in [5.74, 6) is 0.470. The molecule has 10 aromatic carbocycles. The molecule has 12 rings (SSSR count). The van der Waals surface area contributed by atoms with Gasteiger partial charge in [-0.1, -0.05) is 165 Å². The maximum absolute atomic E-state index is 6.70. The molecule has 2 aromatic heterocycles. The number of nitrogens with zero attached hydrogens (tertiary/aromatic N) is 2. The van der Waals surface area contributed by atoms with Gasteiger partial charge in [0.15, 0.2) is 5.84 Å². The molecule has 0 spiro atoms. The summed E-state index contributed by atoms with van der Waals surface area (Å²) in [5, 5.41) is 11.4. The summed E-state index contributed by atoms with van der Waals surface area (Å²) in [6.45, 7) is 11.1. The van der Waals surface area contributed by atoms with Crippen molar-refractivity contribution in [2.24, 2.45) is 9.98 Å². The molecular weight excluding hydrogens is 817 g/mol. The van der Waals surface area contributed by atoms with Crippen LogP contribution >= 0.6 is 0 Å². The minimum absolute atomic E-state index is 0.122. The fourth-order valence-electron chi connectivity index (χ4n) is 10.3. The van der Waals surface area contributed by atoms with Crippen molar-refractivity contribution in [3.63, 3.8) is 0 Å². The predicted octanol–water partition coefficient (Wildman–Crippen LogP) is 17.3. The van der Waals surface area contributed by atoms with Gasteiger partial charge in [-0.05, 0) is 128 Å². The Morgan fingerprint density at radius 3 is 1.90 bits per heavy atom. The molecule has 0 aliphatic carbocycles. The van der Waals surface area contributed by atoms with Gasteiger partial charge >= 0.3 is 0 Å². The molecule has 0 saturated heterocycles. The molecule has 2 heterocycles. The third-order valence-electron chi connectivity index (χ3n) is 13.7. The van der Waals surface area contributed by atoms with Crippen LogP contribution in [0.25, 0.3) is 87.3 Å². The number of rotatable bonds is 8. The van der Waals surface area contributed by atoms with Crippen LogP contribution in [0.5, 0.6) is 0 Å². The van der Waals surface area contributed by atoms with Crippen LogP contribution in [0.3, 0.4) is 0 Å². The molecule has 2 atom stereocenters. The Hall–Kier alpha value is -8.34. The number of aliphatic imine (C=N–C) groups is 2. The average Bonchev–Trinajstić information content (AvgIpc) is 3.94. The Morgan fingerprint density at radius 1 is 0.507 bits per heavy atom. The van der Waals surface area contributed by atoms with Crippen molar-refractivity contribution in [1.82, 2.24) is 0 Å². The van der Waals surface area contributed by atoms with Crippen LogP contribution in [0, 0.1) is 6.92 Å². The zero-order valence-electron chi connectivity index (χ0n) is 37.6. The summed E-state index contributed by atoms with van der Waals surface area (Å²) in [6, 6.07) is 68.4. The van der Waals surface area contributed by atoms with Gasteiger partial charge in [0.25, 0.3) is 0 Å².